The molecule has 5 heterocycles. The van der Waals surface area contributed by atoms with Crippen molar-refractivity contribution in [2.75, 3.05) is 44.2 Å². The van der Waals surface area contributed by atoms with Gasteiger partial charge in [-0.3, -0.25) is 19.3 Å². The number of aromatic nitrogens is 2. The summed E-state index contributed by atoms with van der Waals surface area (Å²) in [5, 5.41) is 30.5. The number of aliphatic carboxylic acids is 1. The van der Waals surface area contributed by atoms with Crippen LogP contribution in [0.4, 0.5) is 5.13 Å². The minimum absolute atomic E-state index is 0.0623. The Bertz CT molecular complexity index is 1270. The molecular weight excluding hydrogens is 538 g/mol. The molecule has 0 unspecified atom stereocenters. The molecule has 2 atom stereocenters. The van der Waals surface area contributed by atoms with Crippen molar-refractivity contribution in [1.29, 1.82) is 0 Å². The zero-order valence-corrected chi connectivity index (χ0v) is 21.5. The molecule has 3 saturated heterocycles. The Labute approximate surface area is 224 Å². The fourth-order valence-corrected chi connectivity index (χ4v) is 6.29. The Kier molecular flexibility index (Phi) is 7.33. The summed E-state index contributed by atoms with van der Waals surface area (Å²) >= 11 is 2.06. The number of fused-ring (bicyclic) bond motifs is 1. The molecule has 1 aromatic heterocycles. The van der Waals surface area contributed by atoms with Gasteiger partial charge in [0, 0.05) is 61.6 Å². The molecule has 0 bridgehead atoms. The number of nitrogens with two attached hydrogens (primary N) is 1. The third kappa shape index (κ3) is 4.84. The van der Waals surface area contributed by atoms with Crippen molar-refractivity contribution in [3.63, 3.8) is 0 Å². The standard InChI is InChI=1S/C21H25N9O6S2/c22-21-26-15(28-38-21)12(27-36)16(31)25-13-18(33)30-14(20(34)35)10(8-37-19(13)30)5-9-1-3-29(17(9)32)4-2-24-11-6-23-7-11/h5,11,13,19,23-24,36H,1-4,6-8H2,(H,25,31)(H,34,35)(H2,22,26,28)/t13-,19-/m1/s1. The predicted molar refractivity (Wildman–Crippen MR) is 136 cm³/mol. The molecule has 7 N–H and O–H groups in total. The lowest BCUT2D eigenvalue weighted by molar-refractivity contribution is -0.150. The number of thioether (sulfide) groups is 1. The highest BCUT2D eigenvalue weighted by atomic mass is 32.2. The van der Waals surface area contributed by atoms with Crippen LogP contribution in [-0.4, -0.2) is 115 Å². The van der Waals surface area contributed by atoms with E-state index in [0.717, 1.165) is 29.5 Å². The Morgan fingerprint density at radius 1 is 1.32 bits per heavy atom. The third-order valence-electron chi connectivity index (χ3n) is 6.61. The number of carbonyl (C=O) groups excluding carboxylic acids is 3. The Morgan fingerprint density at radius 2 is 2.11 bits per heavy atom. The van der Waals surface area contributed by atoms with Crippen molar-refractivity contribution < 1.29 is 29.5 Å². The molecule has 4 aliphatic heterocycles. The lowest BCUT2D eigenvalue weighted by atomic mass is 10.0. The number of nitrogen functional groups attached to an aromatic ring is 1. The number of oxime groups is 1. The van der Waals surface area contributed by atoms with Crippen LogP contribution in [0.2, 0.25) is 0 Å². The maximum Gasteiger partial charge on any atom is 0.352 e. The first-order chi connectivity index (χ1) is 18.3. The van der Waals surface area contributed by atoms with Gasteiger partial charge in [-0.25, -0.2) is 4.79 Å². The van der Waals surface area contributed by atoms with Gasteiger partial charge in [0.1, 0.15) is 17.1 Å². The number of β-lactam (4-membered cyclic amide) rings is 1. The SMILES string of the molecule is Nc1nc(C(=NO)C(=O)N[C@@H]2C(=O)N3C(C(=O)O)=C(C=C4CCN(CCNC5CNC5)C4=O)CS[C@H]23)ns1. The average Bonchev–Trinajstić information content (AvgIpc) is 3.44. The van der Waals surface area contributed by atoms with Crippen molar-refractivity contribution in [2.45, 2.75) is 23.9 Å². The molecule has 0 saturated carbocycles. The van der Waals surface area contributed by atoms with Gasteiger partial charge in [-0.15, -0.1) is 11.8 Å². The molecule has 1 aromatic rings. The molecule has 202 valence electrons. The van der Waals surface area contributed by atoms with E-state index < -0.39 is 34.9 Å². The summed E-state index contributed by atoms with van der Waals surface area (Å²) in [5.74, 6) is -2.96. The lowest BCUT2D eigenvalue weighted by Gasteiger charge is -2.49. The Balaban J connectivity index is 1.26. The van der Waals surface area contributed by atoms with Crippen molar-refractivity contribution in [3.8, 4) is 0 Å². The summed E-state index contributed by atoms with van der Waals surface area (Å²) in [7, 11) is 0. The monoisotopic (exact) mass is 563 g/mol. The second-order valence-corrected chi connectivity index (χ2v) is 10.9. The molecule has 0 radical (unpaired) electrons. The number of carboxylic acids is 1. The number of nitrogens with zero attached hydrogens (tertiary/aromatic N) is 5. The number of amides is 3. The Hall–Kier alpha value is -3.54. The van der Waals surface area contributed by atoms with E-state index in [1.807, 2.05) is 0 Å². The summed E-state index contributed by atoms with van der Waals surface area (Å²) in [6.07, 6.45) is 2.06. The number of carboxylic acid groups (broad SMARTS) is 1. The van der Waals surface area contributed by atoms with Gasteiger partial charge >= 0.3 is 5.97 Å². The number of hydrogen-bond acceptors (Lipinski definition) is 13. The van der Waals surface area contributed by atoms with Crippen LogP contribution in [0, 0.1) is 0 Å². The van der Waals surface area contributed by atoms with Crippen LogP contribution in [0.5, 0.6) is 0 Å². The first-order valence-electron chi connectivity index (χ1n) is 11.8. The molecule has 17 heteroatoms. The maximum atomic E-state index is 12.9. The smallest absolute Gasteiger partial charge is 0.352 e. The van der Waals surface area contributed by atoms with Crippen LogP contribution in [0.25, 0.3) is 0 Å². The van der Waals surface area contributed by atoms with Crippen molar-refractivity contribution in [2.24, 2.45) is 5.16 Å². The molecular formula is C21H25N9O6S2. The fraction of sp³-hybridized carbons (Fsp3) is 0.476. The van der Waals surface area contributed by atoms with Crippen LogP contribution in [0.15, 0.2) is 28.1 Å². The summed E-state index contributed by atoms with van der Waals surface area (Å²) in [6, 6.07) is -0.628. The average molecular weight is 564 g/mol. The molecule has 0 spiro atoms. The second kappa shape index (κ2) is 10.7. The van der Waals surface area contributed by atoms with E-state index in [0.29, 0.717) is 43.2 Å². The predicted octanol–water partition coefficient (Wildman–Crippen LogP) is -2.24. The van der Waals surface area contributed by atoms with Crippen molar-refractivity contribution in [1.82, 2.24) is 35.1 Å². The highest BCUT2D eigenvalue weighted by Crippen LogP contribution is 2.41. The van der Waals surface area contributed by atoms with Crippen LogP contribution in [0.1, 0.15) is 12.2 Å². The van der Waals surface area contributed by atoms with Crippen LogP contribution in [0.3, 0.4) is 0 Å². The molecule has 38 heavy (non-hydrogen) atoms. The highest BCUT2D eigenvalue weighted by molar-refractivity contribution is 8.00. The molecule has 0 aromatic carbocycles. The first kappa shape index (κ1) is 26.1. The molecule has 15 nitrogen and oxygen atoms in total. The van der Waals surface area contributed by atoms with E-state index in [-0.39, 0.29) is 28.3 Å². The number of hydrogen-bond donors (Lipinski definition) is 6. The first-order valence-corrected chi connectivity index (χ1v) is 13.6. The van der Waals surface area contributed by atoms with Gasteiger partial charge in [0.25, 0.3) is 11.8 Å². The van der Waals surface area contributed by atoms with E-state index in [9.17, 15) is 29.5 Å². The van der Waals surface area contributed by atoms with Gasteiger partial charge in [-0.05, 0) is 18.1 Å². The van der Waals surface area contributed by atoms with Gasteiger partial charge in [0.05, 0.1) is 0 Å². The Morgan fingerprint density at radius 3 is 2.74 bits per heavy atom. The molecule has 4 aliphatic rings. The topological polar surface area (TPSA) is 215 Å². The number of likely N-dealkylation sites (tertiary alicyclic amines) is 1. The number of carbonyl (C=O) groups is 4. The highest BCUT2D eigenvalue weighted by Gasteiger charge is 2.54. The van der Waals surface area contributed by atoms with Gasteiger partial charge < -0.3 is 36.9 Å². The van der Waals surface area contributed by atoms with Gasteiger partial charge in [-0.2, -0.15) is 9.36 Å². The molecule has 0 aliphatic carbocycles. The van der Waals surface area contributed by atoms with Crippen molar-refractivity contribution >= 4 is 57.8 Å². The molecule has 3 fully saturated rings. The minimum Gasteiger partial charge on any atom is -0.477 e. The van der Waals surface area contributed by atoms with Crippen LogP contribution < -0.4 is 21.7 Å². The number of rotatable bonds is 9. The summed E-state index contributed by atoms with van der Waals surface area (Å²) < 4.78 is 3.82. The number of allylic oxidation sites excluding steroid dienone is 1. The number of anilines is 1. The van der Waals surface area contributed by atoms with Crippen LogP contribution in [-0.2, 0) is 19.2 Å². The van der Waals surface area contributed by atoms with E-state index in [1.54, 1.807) is 11.0 Å². The molecule has 5 rings (SSSR count). The van der Waals surface area contributed by atoms with Gasteiger partial charge in [0.15, 0.2) is 5.13 Å². The fourth-order valence-electron chi connectivity index (χ4n) is 4.55. The maximum absolute atomic E-state index is 12.9. The summed E-state index contributed by atoms with van der Waals surface area (Å²) in [5.41, 5.74) is 5.63. The summed E-state index contributed by atoms with van der Waals surface area (Å²) in [6.45, 7) is 3.61. The minimum atomic E-state index is -1.30. The largest absolute Gasteiger partial charge is 0.477 e. The quantitative estimate of drug-likeness (QED) is 0.0618. The normalized spacial score (nSPS) is 24.9. The second-order valence-electron chi connectivity index (χ2n) is 8.97. The van der Waals surface area contributed by atoms with E-state index >= 15 is 0 Å². The zero-order chi connectivity index (χ0) is 27.0. The third-order valence-corrected chi connectivity index (χ3v) is 8.46. The zero-order valence-electron chi connectivity index (χ0n) is 19.9. The molecule has 3 amide bonds. The lowest BCUT2D eigenvalue weighted by Crippen LogP contribution is -2.71. The van der Waals surface area contributed by atoms with E-state index in [1.165, 1.54) is 11.8 Å². The van der Waals surface area contributed by atoms with Crippen LogP contribution >= 0.6 is 23.3 Å². The van der Waals surface area contributed by atoms with Gasteiger partial charge in [-0.1, -0.05) is 5.16 Å². The number of nitrogens with one attached hydrogen (secondary N) is 3. The summed E-state index contributed by atoms with van der Waals surface area (Å²) in [4.78, 5) is 57.3. The van der Waals surface area contributed by atoms with Crippen molar-refractivity contribution in [3.05, 3.63) is 28.7 Å². The van der Waals surface area contributed by atoms with E-state index in [4.69, 9.17) is 5.73 Å². The van der Waals surface area contributed by atoms with E-state index in [2.05, 4.69) is 30.5 Å². The van der Waals surface area contributed by atoms with Gasteiger partial charge in [0.2, 0.25) is 17.4 Å².